The molecule has 0 amide bonds. The van der Waals surface area contributed by atoms with Crippen molar-refractivity contribution in [3.63, 3.8) is 0 Å². The number of rotatable bonds is 3. The number of phenols is 1. The fraction of sp³-hybridized carbons (Fsp3) is 0.387. The van der Waals surface area contributed by atoms with Crippen LogP contribution in [0.15, 0.2) is 76.1 Å². The molecule has 3 aliphatic rings. The minimum atomic E-state index is -0.809. The molecule has 0 fully saturated rings. The molecule has 186 valence electrons. The van der Waals surface area contributed by atoms with Gasteiger partial charge in [0, 0.05) is 47.2 Å². The van der Waals surface area contributed by atoms with Crippen molar-refractivity contribution in [3.05, 3.63) is 82.2 Å². The number of nitrogens with one attached hydrogen (secondary N) is 1. The van der Waals surface area contributed by atoms with E-state index < -0.39 is 5.41 Å². The first-order valence-corrected chi connectivity index (χ1v) is 12.6. The standard InChI is InChI=1S/C31H34N2O3/c1-29(2)14-22-27(25(35)16-29)31(5,28-23(33-22)15-30(3,4)17-26(28)36)20-10-12-21(13-11-20)32-18-19-8-6-7-9-24(19)34/h6-13,18,33-34H,14-17H2,1-5H3. The molecule has 2 aromatic carbocycles. The third kappa shape index (κ3) is 4.11. The summed E-state index contributed by atoms with van der Waals surface area (Å²) < 4.78 is 0. The molecule has 0 unspecified atom stereocenters. The molecule has 0 saturated carbocycles. The maximum Gasteiger partial charge on any atom is 0.162 e. The predicted molar refractivity (Wildman–Crippen MR) is 142 cm³/mol. The smallest absolute Gasteiger partial charge is 0.162 e. The molecule has 5 rings (SSSR count). The Balaban J connectivity index is 1.60. The van der Waals surface area contributed by atoms with Gasteiger partial charge in [0.05, 0.1) is 11.1 Å². The van der Waals surface area contributed by atoms with Crippen LogP contribution in [0.2, 0.25) is 0 Å². The summed E-state index contributed by atoms with van der Waals surface area (Å²) in [5, 5.41) is 13.6. The molecule has 0 bridgehead atoms. The first-order valence-electron chi connectivity index (χ1n) is 12.6. The van der Waals surface area contributed by atoms with Crippen LogP contribution in [0.4, 0.5) is 5.69 Å². The summed E-state index contributed by atoms with van der Waals surface area (Å²) in [6.45, 7) is 10.6. The van der Waals surface area contributed by atoms with Crippen molar-refractivity contribution < 1.29 is 14.7 Å². The number of carbonyl (C=O) groups excluding carboxylic acids is 2. The molecule has 1 heterocycles. The van der Waals surface area contributed by atoms with Crippen molar-refractivity contribution in [1.82, 2.24) is 5.32 Å². The van der Waals surface area contributed by atoms with E-state index in [9.17, 15) is 14.7 Å². The number of Topliss-reactive ketones (excluding diaryl/α,β-unsaturated/α-hetero) is 2. The van der Waals surface area contributed by atoms with Crippen LogP contribution in [0.5, 0.6) is 5.75 Å². The number of allylic oxidation sites excluding steroid dienone is 4. The third-order valence-electron chi connectivity index (χ3n) is 7.79. The molecule has 2 aliphatic carbocycles. The molecule has 2 N–H and O–H groups in total. The van der Waals surface area contributed by atoms with Crippen LogP contribution in [-0.4, -0.2) is 22.9 Å². The van der Waals surface area contributed by atoms with E-state index in [0.29, 0.717) is 18.4 Å². The van der Waals surface area contributed by atoms with Crippen molar-refractivity contribution in [2.75, 3.05) is 0 Å². The van der Waals surface area contributed by atoms with Crippen molar-refractivity contribution in [1.29, 1.82) is 0 Å². The molecule has 5 heteroatoms. The fourth-order valence-corrected chi connectivity index (χ4v) is 6.23. The van der Waals surface area contributed by atoms with Gasteiger partial charge in [-0.1, -0.05) is 52.0 Å². The van der Waals surface area contributed by atoms with Crippen molar-refractivity contribution in [2.45, 2.75) is 65.7 Å². The van der Waals surface area contributed by atoms with Gasteiger partial charge in [0.15, 0.2) is 11.6 Å². The Morgan fingerprint density at radius 3 is 1.83 bits per heavy atom. The highest BCUT2D eigenvalue weighted by atomic mass is 16.3. The zero-order valence-corrected chi connectivity index (χ0v) is 21.7. The number of aliphatic imine (C=N–C) groups is 1. The number of dihydropyridines is 1. The van der Waals surface area contributed by atoms with Crippen LogP contribution >= 0.6 is 0 Å². The number of hydrogen-bond acceptors (Lipinski definition) is 5. The maximum atomic E-state index is 13.6. The van der Waals surface area contributed by atoms with E-state index in [1.807, 2.05) is 37.3 Å². The van der Waals surface area contributed by atoms with Crippen molar-refractivity contribution in [3.8, 4) is 5.75 Å². The first-order chi connectivity index (χ1) is 16.9. The van der Waals surface area contributed by atoms with Gasteiger partial charge in [-0.15, -0.1) is 0 Å². The minimum Gasteiger partial charge on any atom is -0.507 e. The molecular formula is C31H34N2O3. The van der Waals surface area contributed by atoms with Gasteiger partial charge < -0.3 is 10.4 Å². The lowest BCUT2D eigenvalue weighted by molar-refractivity contribution is -0.119. The van der Waals surface area contributed by atoms with Crippen LogP contribution in [0.1, 0.15) is 71.4 Å². The van der Waals surface area contributed by atoms with Gasteiger partial charge in [0.1, 0.15) is 5.75 Å². The summed E-state index contributed by atoms with van der Waals surface area (Å²) in [5.41, 5.74) is 4.63. The molecule has 0 spiro atoms. The fourth-order valence-electron chi connectivity index (χ4n) is 6.23. The summed E-state index contributed by atoms with van der Waals surface area (Å²) in [5.74, 6) is 0.403. The SMILES string of the molecule is CC1(C)CC(=O)C2=C(C1)NC1=C(C(=O)CC(C)(C)C1)C2(C)c1ccc(N=Cc2ccccc2O)cc1. The number of nitrogens with zero attached hydrogens (tertiary/aromatic N) is 1. The van der Waals surface area contributed by atoms with Gasteiger partial charge >= 0.3 is 0 Å². The van der Waals surface area contributed by atoms with Crippen molar-refractivity contribution in [2.24, 2.45) is 15.8 Å². The molecule has 0 radical (unpaired) electrons. The van der Waals surface area contributed by atoms with Gasteiger partial charge in [0.25, 0.3) is 0 Å². The highest BCUT2D eigenvalue weighted by Gasteiger charge is 2.52. The Morgan fingerprint density at radius 2 is 1.31 bits per heavy atom. The van der Waals surface area contributed by atoms with E-state index in [-0.39, 0.29) is 28.1 Å². The Labute approximate surface area is 213 Å². The number of hydrogen-bond donors (Lipinski definition) is 2. The number of ketones is 2. The minimum absolute atomic E-state index is 0.113. The second kappa shape index (κ2) is 8.29. The lowest BCUT2D eigenvalue weighted by atomic mass is 9.57. The maximum absolute atomic E-state index is 13.6. The van der Waals surface area contributed by atoms with E-state index in [1.54, 1.807) is 24.4 Å². The van der Waals surface area contributed by atoms with E-state index in [1.165, 1.54) is 0 Å². The summed E-state index contributed by atoms with van der Waals surface area (Å²) in [6, 6.07) is 14.8. The van der Waals surface area contributed by atoms with Crippen LogP contribution in [0, 0.1) is 10.8 Å². The zero-order chi connectivity index (χ0) is 25.9. The van der Waals surface area contributed by atoms with Gasteiger partial charge in [-0.3, -0.25) is 14.6 Å². The number of benzene rings is 2. The van der Waals surface area contributed by atoms with Crippen molar-refractivity contribution >= 4 is 23.5 Å². The molecule has 36 heavy (non-hydrogen) atoms. The topological polar surface area (TPSA) is 78.8 Å². The van der Waals surface area contributed by atoms with E-state index in [2.05, 4.69) is 38.0 Å². The molecule has 2 aromatic rings. The first kappa shape index (κ1) is 24.2. The average Bonchev–Trinajstić information content (AvgIpc) is 2.76. The van der Waals surface area contributed by atoms with Crippen LogP contribution in [-0.2, 0) is 15.0 Å². The van der Waals surface area contributed by atoms with Crippen LogP contribution < -0.4 is 5.32 Å². The molecule has 0 atom stereocenters. The number of phenolic OH excluding ortho intramolecular Hbond substituents is 1. The molecule has 5 nitrogen and oxygen atoms in total. The second-order valence-electron chi connectivity index (χ2n) is 12.2. The monoisotopic (exact) mass is 482 g/mol. The number of carbonyl (C=O) groups is 2. The lowest BCUT2D eigenvalue weighted by Gasteiger charge is -2.48. The van der Waals surface area contributed by atoms with Gasteiger partial charge in [-0.05, 0) is 60.4 Å². The lowest BCUT2D eigenvalue weighted by Crippen LogP contribution is -2.49. The number of aromatic hydroxyl groups is 1. The quantitative estimate of drug-likeness (QED) is 0.504. The molecule has 0 saturated heterocycles. The molecule has 1 aliphatic heterocycles. The average molecular weight is 483 g/mol. The summed E-state index contributed by atoms with van der Waals surface area (Å²) >= 11 is 0. The Bertz CT molecular complexity index is 1300. The van der Waals surface area contributed by atoms with E-state index >= 15 is 0 Å². The highest BCUT2D eigenvalue weighted by Crippen LogP contribution is 2.54. The second-order valence-corrected chi connectivity index (χ2v) is 12.2. The largest absolute Gasteiger partial charge is 0.507 e. The summed E-state index contributed by atoms with van der Waals surface area (Å²) in [7, 11) is 0. The predicted octanol–water partition coefficient (Wildman–Crippen LogP) is 6.29. The third-order valence-corrected chi connectivity index (χ3v) is 7.79. The van der Waals surface area contributed by atoms with E-state index in [4.69, 9.17) is 0 Å². The zero-order valence-electron chi connectivity index (χ0n) is 21.7. The van der Waals surface area contributed by atoms with E-state index in [0.717, 1.165) is 46.6 Å². The summed E-state index contributed by atoms with van der Waals surface area (Å²) in [4.78, 5) is 31.8. The van der Waals surface area contributed by atoms with Crippen LogP contribution in [0.3, 0.4) is 0 Å². The Kier molecular flexibility index (Phi) is 5.58. The highest BCUT2D eigenvalue weighted by molar-refractivity contribution is 6.08. The van der Waals surface area contributed by atoms with Gasteiger partial charge in [0.2, 0.25) is 0 Å². The molecule has 0 aromatic heterocycles. The Hall–Kier alpha value is -3.47. The molecular weight excluding hydrogens is 448 g/mol. The normalized spacial score (nSPS) is 22.4. The van der Waals surface area contributed by atoms with Gasteiger partial charge in [-0.2, -0.15) is 0 Å². The summed E-state index contributed by atoms with van der Waals surface area (Å²) in [6.07, 6.45) is 4.12. The number of para-hydroxylation sites is 1. The van der Waals surface area contributed by atoms with Crippen LogP contribution in [0.25, 0.3) is 0 Å². The Morgan fingerprint density at radius 1 is 0.778 bits per heavy atom. The van der Waals surface area contributed by atoms with Gasteiger partial charge in [-0.25, -0.2) is 0 Å².